The van der Waals surface area contributed by atoms with Gasteiger partial charge in [-0.05, 0) is 44.4 Å². The van der Waals surface area contributed by atoms with Crippen LogP contribution in [0, 0.1) is 5.92 Å². The molecule has 2 fully saturated rings. The van der Waals surface area contributed by atoms with Crippen molar-refractivity contribution in [2.24, 2.45) is 5.92 Å². The van der Waals surface area contributed by atoms with Crippen LogP contribution in [-0.4, -0.2) is 46.8 Å². The summed E-state index contributed by atoms with van der Waals surface area (Å²) in [6.45, 7) is 3.55. The van der Waals surface area contributed by atoms with E-state index in [0.717, 1.165) is 51.6 Å². The van der Waals surface area contributed by atoms with Crippen molar-refractivity contribution in [2.45, 2.75) is 57.5 Å². The average Bonchev–Trinajstić information content (AvgIpc) is 2.96. The standard InChI is InChI=1S/C16H24N2O2/c1-2-13-15(19)17-10-6-9-14(17)16(20)18(13)11-12-7-4-3-5-8-12/h3-4,12-14H,2,5-11H2,1H3. The van der Waals surface area contributed by atoms with Crippen LogP contribution in [0.15, 0.2) is 12.2 Å². The molecule has 0 aromatic heterocycles. The molecule has 3 atom stereocenters. The zero-order valence-electron chi connectivity index (χ0n) is 12.3. The molecular formula is C16H24N2O2. The molecule has 2 heterocycles. The van der Waals surface area contributed by atoms with Gasteiger partial charge in [-0.15, -0.1) is 0 Å². The molecular weight excluding hydrogens is 252 g/mol. The van der Waals surface area contributed by atoms with E-state index in [9.17, 15) is 9.59 Å². The van der Waals surface area contributed by atoms with Crippen LogP contribution in [0.25, 0.3) is 0 Å². The summed E-state index contributed by atoms with van der Waals surface area (Å²) < 4.78 is 0. The Morgan fingerprint density at radius 3 is 2.75 bits per heavy atom. The number of carbonyl (C=O) groups is 2. The molecule has 0 spiro atoms. The number of amides is 2. The predicted octanol–water partition coefficient (Wildman–Crippen LogP) is 1.95. The lowest BCUT2D eigenvalue weighted by Gasteiger charge is -2.43. The Bertz CT molecular complexity index is 432. The van der Waals surface area contributed by atoms with Crippen LogP contribution in [0.5, 0.6) is 0 Å². The fraction of sp³-hybridized carbons (Fsp3) is 0.750. The first kappa shape index (κ1) is 13.7. The number of hydrogen-bond donors (Lipinski definition) is 0. The second-order valence-electron chi connectivity index (χ2n) is 6.25. The van der Waals surface area contributed by atoms with Crippen molar-refractivity contribution < 1.29 is 9.59 Å². The van der Waals surface area contributed by atoms with Crippen molar-refractivity contribution in [3.8, 4) is 0 Å². The van der Waals surface area contributed by atoms with E-state index < -0.39 is 0 Å². The van der Waals surface area contributed by atoms with Crippen molar-refractivity contribution in [3.05, 3.63) is 12.2 Å². The number of allylic oxidation sites excluding steroid dienone is 2. The molecule has 0 aromatic rings. The molecule has 1 aliphatic carbocycles. The Balaban J connectivity index is 1.77. The fourth-order valence-corrected chi connectivity index (χ4v) is 3.87. The molecule has 2 saturated heterocycles. The van der Waals surface area contributed by atoms with Crippen LogP contribution in [0.3, 0.4) is 0 Å². The van der Waals surface area contributed by atoms with Gasteiger partial charge in [0, 0.05) is 13.1 Å². The van der Waals surface area contributed by atoms with Gasteiger partial charge >= 0.3 is 0 Å². The van der Waals surface area contributed by atoms with Crippen LogP contribution < -0.4 is 0 Å². The molecule has 0 aromatic carbocycles. The summed E-state index contributed by atoms with van der Waals surface area (Å²) in [4.78, 5) is 29.0. The summed E-state index contributed by atoms with van der Waals surface area (Å²) in [5, 5.41) is 0. The van der Waals surface area contributed by atoms with Gasteiger partial charge in [0.25, 0.3) is 0 Å². The van der Waals surface area contributed by atoms with Gasteiger partial charge in [0.05, 0.1) is 0 Å². The predicted molar refractivity (Wildman–Crippen MR) is 77.0 cm³/mol. The lowest BCUT2D eigenvalue weighted by molar-refractivity contribution is -0.160. The highest BCUT2D eigenvalue weighted by Crippen LogP contribution is 2.30. The monoisotopic (exact) mass is 276 g/mol. The maximum atomic E-state index is 12.7. The van der Waals surface area contributed by atoms with Gasteiger partial charge in [-0.1, -0.05) is 19.1 Å². The minimum atomic E-state index is -0.220. The SMILES string of the molecule is CCC1C(=O)N2CCCC2C(=O)N1CC1CC=CCC1. The van der Waals surface area contributed by atoms with Gasteiger partial charge in [-0.25, -0.2) is 0 Å². The molecule has 0 radical (unpaired) electrons. The molecule has 0 saturated carbocycles. The summed E-state index contributed by atoms with van der Waals surface area (Å²) >= 11 is 0. The number of hydrogen-bond acceptors (Lipinski definition) is 2. The maximum Gasteiger partial charge on any atom is 0.246 e. The largest absolute Gasteiger partial charge is 0.329 e. The molecule has 20 heavy (non-hydrogen) atoms. The average molecular weight is 276 g/mol. The Morgan fingerprint density at radius 1 is 1.20 bits per heavy atom. The quantitative estimate of drug-likeness (QED) is 0.739. The number of piperazine rings is 1. The van der Waals surface area contributed by atoms with E-state index in [-0.39, 0.29) is 23.9 Å². The highest BCUT2D eigenvalue weighted by Gasteiger charge is 2.47. The topological polar surface area (TPSA) is 40.6 Å². The lowest BCUT2D eigenvalue weighted by Crippen LogP contribution is -2.63. The number of fused-ring (bicyclic) bond motifs is 1. The van der Waals surface area contributed by atoms with Crippen molar-refractivity contribution >= 4 is 11.8 Å². The van der Waals surface area contributed by atoms with E-state index in [2.05, 4.69) is 12.2 Å². The molecule has 0 bridgehead atoms. The summed E-state index contributed by atoms with van der Waals surface area (Å²) in [6.07, 6.45) is 10.3. The highest BCUT2D eigenvalue weighted by atomic mass is 16.2. The van der Waals surface area contributed by atoms with E-state index in [1.54, 1.807) is 0 Å². The second kappa shape index (κ2) is 5.58. The third kappa shape index (κ3) is 2.25. The summed E-state index contributed by atoms with van der Waals surface area (Å²) in [5.74, 6) is 0.906. The van der Waals surface area contributed by atoms with Gasteiger partial charge in [0.15, 0.2) is 0 Å². The zero-order chi connectivity index (χ0) is 14.1. The van der Waals surface area contributed by atoms with Crippen molar-refractivity contribution in [2.75, 3.05) is 13.1 Å². The Morgan fingerprint density at radius 2 is 2.05 bits per heavy atom. The second-order valence-corrected chi connectivity index (χ2v) is 6.25. The summed E-state index contributed by atoms with van der Waals surface area (Å²) in [5.41, 5.74) is 0. The maximum absolute atomic E-state index is 12.7. The molecule has 4 heteroatoms. The van der Waals surface area contributed by atoms with E-state index in [4.69, 9.17) is 0 Å². The molecule has 110 valence electrons. The smallest absolute Gasteiger partial charge is 0.246 e. The highest BCUT2D eigenvalue weighted by molar-refractivity contribution is 5.97. The molecule has 2 amide bonds. The van der Waals surface area contributed by atoms with Crippen LogP contribution >= 0.6 is 0 Å². The van der Waals surface area contributed by atoms with Crippen molar-refractivity contribution in [1.82, 2.24) is 9.80 Å². The lowest BCUT2D eigenvalue weighted by atomic mass is 9.92. The third-order valence-electron chi connectivity index (χ3n) is 4.98. The molecule has 3 unspecified atom stereocenters. The minimum absolute atomic E-state index is 0.163. The van der Waals surface area contributed by atoms with E-state index in [1.165, 1.54) is 0 Å². The van der Waals surface area contributed by atoms with Crippen LogP contribution in [0.2, 0.25) is 0 Å². The third-order valence-corrected chi connectivity index (χ3v) is 4.98. The van der Waals surface area contributed by atoms with E-state index in [1.807, 2.05) is 16.7 Å². The minimum Gasteiger partial charge on any atom is -0.329 e. The Labute approximate surface area is 120 Å². The first-order valence-electron chi connectivity index (χ1n) is 7.98. The van der Waals surface area contributed by atoms with Crippen molar-refractivity contribution in [3.63, 3.8) is 0 Å². The molecule has 4 nitrogen and oxygen atoms in total. The van der Waals surface area contributed by atoms with Crippen LogP contribution in [-0.2, 0) is 9.59 Å². The van der Waals surface area contributed by atoms with E-state index >= 15 is 0 Å². The number of carbonyl (C=O) groups excluding carboxylic acids is 2. The van der Waals surface area contributed by atoms with Gasteiger partial charge in [0.2, 0.25) is 11.8 Å². The molecule has 0 N–H and O–H groups in total. The fourth-order valence-electron chi connectivity index (χ4n) is 3.87. The molecule has 2 aliphatic heterocycles. The Hall–Kier alpha value is -1.32. The Kier molecular flexibility index (Phi) is 3.81. The van der Waals surface area contributed by atoms with Crippen LogP contribution in [0.4, 0.5) is 0 Å². The molecule has 3 aliphatic rings. The van der Waals surface area contributed by atoms with Gasteiger partial charge in [0.1, 0.15) is 12.1 Å². The first-order valence-corrected chi connectivity index (χ1v) is 7.98. The van der Waals surface area contributed by atoms with Crippen molar-refractivity contribution in [1.29, 1.82) is 0 Å². The van der Waals surface area contributed by atoms with Crippen LogP contribution in [0.1, 0.15) is 45.4 Å². The number of nitrogens with zero attached hydrogens (tertiary/aromatic N) is 2. The first-order chi connectivity index (χ1) is 9.72. The number of rotatable bonds is 3. The summed E-state index contributed by atoms with van der Waals surface area (Å²) in [7, 11) is 0. The summed E-state index contributed by atoms with van der Waals surface area (Å²) in [6, 6.07) is -0.382. The van der Waals surface area contributed by atoms with E-state index in [0.29, 0.717) is 5.92 Å². The van der Waals surface area contributed by atoms with Gasteiger partial charge in [-0.2, -0.15) is 0 Å². The zero-order valence-corrected chi connectivity index (χ0v) is 12.3. The normalized spacial score (nSPS) is 33.8. The van der Waals surface area contributed by atoms with Gasteiger partial charge < -0.3 is 9.80 Å². The molecule has 3 rings (SSSR count). The van der Waals surface area contributed by atoms with Gasteiger partial charge in [-0.3, -0.25) is 9.59 Å².